The minimum absolute atomic E-state index is 0.0459. The average Bonchev–Trinajstić information content (AvgIpc) is 2.59. The zero-order valence-corrected chi connectivity index (χ0v) is 12.1. The Morgan fingerprint density at radius 2 is 2.11 bits per heavy atom. The first-order chi connectivity index (χ1) is 8.21. The van der Waals surface area contributed by atoms with Crippen molar-refractivity contribution in [1.29, 1.82) is 0 Å². The number of carbonyl (C=O) groups is 1. The largest absolute Gasteiger partial charge is 0.455 e. The van der Waals surface area contributed by atoms with Crippen LogP contribution in [0, 0.1) is 12.8 Å². The summed E-state index contributed by atoms with van der Waals surface area (Å²) in [4.78, 5) is 11.5. The van der Waals surface area contributed by atoms with Crippen LogP contribution in [0.4, 0.5) is 0 Å². The van der Waals surface area contributed by atoms with Crippen LogP contribution >= 0.6 is 10.7 Å². The van der Waals surface area contributed by atoms with Crippen LogP contribution in [0.25, 0.3) is 0 Å². The first kappa shape index (κ1) is 15.0. The lowest BCUT2D eigenvalue weighted by Crippen LogP contribution is -2.24. The summed E-state index contributed by atoms with van der Waals surface area (Å²) < 4.78 is 27.4. The summed E-state index contributed by atoms with van der Waals surface area (Å²) in [5.41, 5.74) is 0. The lowest BCUT2D eigenvalue weighted by atomic mass is 10.1. The summed E-state index contributed by atoms with van der Waals surface area (Å²) >= 11 is 0. The van der Waals surface area contributed by atoms with Crippen molar-refractivity contribution in [3.8, 4) is 0 Å². The Balaban J connectivity index is 2.77. The maximum Gasteiger partial charge on any atom is 0.287 e. The Labute approximate surface area is 111 Å². The summed E-state index contributed by atoms with van der Waals surface area (Å²) in [6.07, 6.45) is 0.839. The molecule has 0 radical (unpaired) electrons. The van der Waals surface area contributed by atoms with E-state index in [0.717, 1.165) is 12.5 Å². The third-order valence-corrected chi connectivity index (χ3v) is 3.80. The summed E-state index contributed by atoms with van der Waals surface area (Å²) in [6.45, 7) is 6.04. The molecule has 1 aromatic heterocycles. The van der Waals surface area contributed by atoms with Crippen LogP contribution in [0.15, 0.2) is 15.4 Å². The highest BCUT2D eigenvalue weighted by Gasteiger charge is 2.21. The van der Waals surface area contributed by atoms with Crippen molar-refractivity contribution in [3.63, 3.8) is 0 Å². The second kappa shape index (κ2) is 5.75. The van der Waals surface area contributed by atoms with E-state index in [2.05, 4.69) is 5.32 Å². The minimum Gasteiger partial charge on any atom is -0.455 e. The standard InChI is InChI=1S/C11H16ClNO4S/c1-7(2)4-5-13-11(14)9-6-10(8(3)17-9)18(12,15)16/h6-7H,4-5H2,1-3H3,(H,13,14). The number of nitrogens with one attached hydrogen (secondary N) is 1. The normalized spacial score (nSPS) is 11.8. The molecule has 0 atom stereocenters. The molecule has 102 valence electrons. The van der Waals surface area contributed by atoms with Crippen molar-refractivity contribution in [2.75, 3.05) is 6.54 Å². The van der Waals surface area contributed by atoms with Gasteiger partial charge >= 0.3 is 0 Å². The number of carbonyl (C=O) groups excluding carboxylic acids is 1. The highest BCUT2D eigenvalue weighted by molar-refractivity contribution is 8.13. The highest BCUT2D eigenvalue weighted by Crippen LogP contribution is 2.23. The summed E-state index contributed by atoms with van der Waals surface area (Å²) in [5.74, 6) is 0.0993. The van der Waals surface area contributed by atoms with Gasteiger partial charge in [0.25, 0.3) is 15.0 Å². The molecule has 0 spiro atoms. The van der Waals surface area contributed by atoms with Gasteiger partial charge in [0.2, 0.25) is 0 Å². The Morgan fingerprint density at radius 3 is 2.56 bits per heavy atom. The van der Waals surface area contributed by atoms with E-state index in [4.69, 9.17) is 15.1 Å². The Kier molecular flexibility index (Phi) is 4.81. The van der Waals surface area contributed by atoms with Gasteiger partial charge in [0, 0.05) is 23.3 Å². The fraction of sp³-hybridized carbons (Fsp3) is 0.545. The maximum atomic E-state index is 11.7. The average molecular weight is 294 g/mol. The van der Waals surface area contributed by atoms with Crippen LogP contribution in [-0.4, -0.2) is 20.9 Å². The quantitative estimate of drug-likeness (QED) is 0.845. The van der Waals surface area contributed by atoms with Crippen LogP contribution in [-0.2, 0) is 9.05 Å². The molecule has 1 N–H and O–H groups in total. The fourth-order valence-electron chi connectivity index (χ4n) is 1.38. The van der Waals surface area contributed by atoms with Crippen molar-refractivity contribution in [1.82, 2.24) is 5.32 Å². The zero-order chi connectivity index (χ0) is 13.9. The number of furan rings is 1. The Bertz CT molecular complexity index is 533. The van der Waals surface area contributed by atoms with Crippen LogP contribution in [0.2, 0.25) is 0 Å². The van der Waals surface area contributed by atoms with Crippen molar-refractivity contribution in [2.45, 2.75) is 32.1 Å². The van der Waals surface area contributed by atoms with Crippen molar-refractivity contribution in [3.05, 3.63) is 17.6 Å². The molecule has 0 bridgehead atoms. The predicted molar refractivity (Wildman–Crippen MR) is 68.3 cm³/mol. The second-order valence-corrected chi connectivity index (χ2v) is 6.94. The minimum atomic E-state index is -3.88. The van der Waals surface area contributed by atoms with Crippen LogP contribution < -0.4 is 5.32 Å². The summed E-state index contributed by atoms with van der Waals surface area (Å²) in [6, 6.07) is 1.14. The van der Waals surface area contributed by atoms with Gasteiger partial charge in [0.15, 0.2) is 5.76 Å². The van der Waals surface area contributed by atoms with Crippen molar-refractivity contribution in [2.24, 2.45) is 5.92 Å². The lowest BCUT2D eigenvalue weighted by Gasteiger charge is -2.05. The fourth-order valence-corrected chi connectivity index (χ4v) is 2.47. The molecule has 1 heterocycles. The van der Waals surface area contributed by atoms with Gasteiger partial charge in [0.1, 0.15) is 10.7 Å². The molecule has 1 aromatic rings. The van der Waals surface area contributed by atoms with Crippen LogP contribution in [0.5, 0.6) is 0 Å². The smallest absolute Gasteiger partial charge is 0.287 e. The maximum absolute atomic E-state index is 11.7. The number of halogens is 1. The number of hydrogen-bond donors (Lipinski definition) is 1. The monoisotopic (exact) mass is 293 g/mol. The first-order valence-electron chi connectivity index (χ1n) is 5.55. The topological polar surface area (TPSA) is 76.4 Å². The second-order valence-electron chi connectivity index (χ2n) is 4.41. The Hall–Kier alpha value is -1.01. The molecule has 0 aliphatic rings. The van der Waals surface area contributed by atoms with Gasteiger partial charge in [-0.2, -0.15) is 0 Å². The highest BCUT2D eigenvalue weighted by atomic mass is 35.7. The SMILES string of the molecule is Cc1oc(C(=O)NCCC(C)C)cc1S(=O)(=O)Cl. The molecule has 0 aliphatic heterocycles. The van der Waals surface area contributed by atoms with Gasteiger partial charge in [-0.05, 0) is 19.3 Å². The van der Waals surface area contributed by atoms with E-state index in [0.29, 0.717) is 12.5 Å². The summed E-state index contributed by atoms with van der Waals surface area (Å²) in [7, 11) is 1.33. The molecule has 18 heavy (non-hydrogen) atoms. The molecular weight excluding hydrogens is 278 g/mol. The van der Waals surface area contributed by atoms with E-state index in [1.54, 1.807) is 0 Å². The van der Waals surface area contributed by atoms with Gasteiger partial charge < -0.3 is 9.73 Å². The number of rotatable bonds is 5. The molecular formula is C11H16ClNO4S. The van der Waals surface area contributed by atoms with Gasteiger partial charge in [-0.15, -0.1) is 0 Å². The zero-order valence-electron chi connectivity index (χ0n) is 10.5. The third kappa shape index (κ3) is 4.03. The molecule has 0 fully saturated rings. The van der Waals surface area contributed by atoms with Gasteiger partial charge in [-0.25, -0.2) is 8.42 Å². The van der Waals surface area contributed by atoms with Crippen molar-refractivity contribution >= 4 is 25.6 Å². The van der Waals surface area contributed by atoms with Gasteiger partial charge in [0.05, 0.1) is 0 Å². The molecule has 0 unspecified atom stereocenters. The summed E-state index contributed by atoms with van der Waals surface area (Å²) in [5, 5.41) is 2.65. The van der Waals surface area contributed by atoms with E-state index in [9.17, 15) is 13.2 Å². The Morgan fingerprint density at radius 1 is 1.50 bits per heavy atom. The van der Waals surface area contributed by atoms with E-state index in [1.165, 1.54) is 6.92 Å². The van der Waals surface area contributed by atoms with Crippen LogP contribution in [0.1, 0.15) is 36.6 Å². The van der Waals surface area contributed by atoms with Gasteiger partial charge in [-0.1, -0.05) is 13.8 Å². The third-order valence-electron chi connectivity index (χ3n) is 2.37. The molecule has 7 heteroatoms. The van der Waals surface area contributed by atoms with E-state index in [-0.39, 0.29) is 16.4 Å². The molecule has 0 aliphatic carbocycles. The molecule has 0 saturated heterocycles. The molecule has 5 nitrogen and oxygen atoms in total. The van der Waals surface area contributed by atoms with Crippen LogP contribution in [0.3, 0.4) is 0 Å². The van der Waals surface area contributed by atoms with E-state index >= 15 is 0 Å². The van der Waals surface area contributed by atoms with Gasteiger partial charge in [-0.3, -0.25) is 4.79 Å². The predicted octanol–water partition coefficient (Wildman–Crippen LogP) is 2.29. The van der Waals surface area contributed by atoms with E-state index in [1.807, 2.05) is 13.8 Å². The number of aryl methyl sites for hydroxylation is 1. The number of amides is 1. The molecule has 0 saturated carbocycles. The van der Waals surface area contributed by atoms with E-state index < -0.39 is 15.0 Å². The molecule has 1 rings (SSSR count). The number of hydrogen-bond acceptors (Lipinski definition) is 4. The first-order valence-corrected chi connectivity index (χ1v) is 7.86. The lowest BCUT2D eigenvalue weighted by molar-refractivity contribution is 0.0923. The molecule has 0 aromatic carbocycles. The molecule has 1 amide bonds. The van der Waals surface area contributed by atoms with Crippen molar-refractivity contribution < 1.29 is 17.6 Å².